The standard InChI is InChI=1S/C24H24N8O2/c25-22-29-23(30-24-28-21(31-32(22)24)20-4-2-16-34-20)27-14-11-18-5-7-19(8-6-18)33-15-1-3-17-9-12-26-13-10-17/h2,4-10,12-13,16H,1,3,11,14-15H2,(H3,25,27,28,29,30,31). The SMILES string of the molecule is Nc1nc(NCCc2ccc(OCCCc3ccncc3)cc2)nc2nc(-c3ccco3)nn12. The number of nitrogens with zero attached hydrogens (tertiary/aromatic N) is 6. The molecule has 5 aromatic rings. The van der Waals surface area contributed by atoms with Gasteiger partial charge in [-0.05, 0) is 66.8 Å². The first kappa shape index (κ1) is 21.4. The Morgan fingerprint density at radius 2 is 1.76 bits per heavy atom. The Bertz CT molecular complexity index is 1340. The Balaban J connectivity index is 1.11. The average Bonchev–Trinajstić information content (AvgIpc) is 3.54. The molecule has 172 valence electrons. The van der Waals surface area contributed by atoms with Crippen LogP contribution in [0.4, 0.5) is 11.9 Å². The van der Waals surface area contributed by atoms with Gasteiger partial charge in [-0.15, -0.1) is 5.10 Å². The highest BCUT2D eigenvalue weighted by atomic mass is 16.5. The van der Waals surface area contributed by atoms with Gasteiger partial charge in [0.15, 0.2) is 5.76 Å². The Morgan fingerprint density at radius 3 is 2.56 bits per heavy atom. The fourth-order valence-corrected chi connectivity index (χ4v) is 3.48. The largest absolute Gasteiger partial charge is 0.494 e. The number of aryl methyl sites for hydroxylation is 1. The van der Waals surface area contributed by atoms with Gasteiger partial charge in [0.05, 0.1) is 12.9 Å². The molecule has 0 fully saturated rings. The highest BCUT2D eigenvalue weighted by molar-refractivity contribution is 5.52. The van der Waals surface area contributed by atoms with E-state index in [2.05, 4.69) is 42.5 Å². The number of ether oxygens (including phenoxy) is 1. The van der Waals surface area contributed by atoms with Gasteiger partial charge in [-0.25, -0.2) is 0 Å². The predicted octanol–water partition coefficient (Wildman–Crippen LogP) is 3.42. The van der Waals surface area contributed by atoms with E-state index in [1.807, 2.05) is 36.7 Å². The summed E-state index contributed by atoms with van der Waals surface area (Å²) in [6.45, 7) is 1.32. The minimum Gasteiger partial charge on any atom is -0.494 e. The summed E-state index contributed by atoms with van der Waals surface area (Å²) in [5.41, 5.74) is 8.47. The Hall–Kier alpha value is -4.47. The first-order valence-electron chi connectivity index (χ1n) is 11.0. The molecule has 0 amide bonds. The third-order valence-electron chi connectivity index (χ3n) is 5.22. The number of hydrogen-bond donors (Lipinski definition) is 2. The lowest BCUT2D eigenvalue weighted by atomic mass is 10.1. The van der Waals surface area contributed by atoms with Crippen molar-refractivity contribution in [1.29, 1.82) is 0 Å². The van der Waals surface area contributed by atoms with E-state index in [1.165, 1.54) is 15.6 Å². The Kier molecular flexibility index (Phi) is 6.28. The van der Waals surface area contributed by atoms with Gasteiger partial charge >= 0.3 is 0 Å². The highest BCUT2D eigenvalue weighted by Crippen LogP contribution is 2.18. The topological polar surface area (TPSA) is 129 Å². The number of hydrogen-bond acceptors (Lipinski definition) is 9. The van der Waals surface area contributed by atoms with Crippen LogP contribution < -0.4 is 15.8 Å². The minimum absolute atomic E-state index is 0.197. The molecule has 4 aromatic heterocycles. The summed E-state index contributed by atoms with van der Waals surface area (Å²) in [6, 6.07) is 15.7. The first-order valence-corrected chi connectivity index (χ1v) is 11.0. The molecular weight excluding hydrogens is 432 g/mol. The maximum absolute atomic E-state index is 6.03. The maximum atomic E-state index is 6.03. The fourth-order valence-electron chi connectivity index (χ4n) is 3.48. The van der Waals surface area contributed by atoms with Gasteiger partial charge in [-0.2, -0.15) is 19.5 Å². The van der Waals surface area contributed by atoms with E-state index in [1.54, 1.807) is 18.4 Å². The second-order valence-electron chi connectivity index (χ2n) is 7.66. The van der Waals surface area contributed by atoms with Crippen molar-refractivity contribution in [3.8, 4) is 17.3 Å². The Morgan fingerprint density at radius 1 is 0.941 bits per heavy atom. The second-order valence-corrected chi connectivity index (χ2v) is 7.66. The van der Waals surface area contributed by atoms with Crippen molar-refractivity contribution in [3.63, 3.8) is 0 Å². The van der Waals surface area contributed by atoms with Gasteiger partial charge < -0.3 is 20.2 Å². The van der Waals surface area contributed by atoms with E-state index in [0.717, 1.165) is 25.0 Å². The predicted molar refractivity (Wildman–Crippen MR) is 127 cm³/mol. The van der Waals surface area contributed by atoms with E-state index < -0.39 is 0 Å². The first-order chi connectivity index (χ1) is 16.7. The lowest BCUT2D eigenvalue weighted by Gasteiger charge is -2.08. The molecule has 5 rings (SSSR count). The molecule has 3 N–H and O–H groups in total. The van der Waals surface area contributed by atoms with E-state index in [9.17, 15) is 0 Å². The summed E-state index contributed by atoms with van der Waals surface area (Å²) in [6.07, 6.45) is 7.92. The zero-order valence-electron chi connectivity index (χ0n) is 18.5. The number of anilines is 2. The van der Waals surface area contributed by atoms with Crippen LogP contribution in [0.3, 0.4) is 0 Å². The molecule has 10 nitrogen and oxygen atoms in total. The third-order valence-corrected chi connectivity index (χ3v) is 5.22. The molecule has 4 heterocycles. The zero-order valence-corrected chi connectivity index (χ0v) is 18.5. The molecule has 0 radical (unpaired) electrons. The van der Waals surface area contributed by atoms with Crippen LogP contribution >= 0.6 is 0 Å². The zero-order chi connectivity index (χ0) is 23.2. The molecule has 0 bridgehead atoms. The molecule has 0 saturated heterocycles. The maximum Gasteiger partial charge on any atom is 0.259 e. The number of pyridine rings is 1. The highest BCUT2D eigenvalue weighted by Gasteiger charge is 2.13. The minimum atomic E-state index is 0.197. The number of nitrogens with two attached hydrogens (primary N) is 1. The monoisotopic (exact) mass is 456 g/mol. The van der Waals surface area contributed by atoms with Crippen molar-refractivity contribution in [1.82, 2.24) is 29.5 Å². The van der Waals surface area contributed by atoms with Gasteiger partial charge in [0.25, 0.3) is 5.78 Å². The number of rotatable bonds is 10. The van der Waals surface area contributed by atoms with Crippen LogP contribution in [-0.4, -0.2) is 42.7 Å². The Labute approximate surface area is 195 Å². The van der Waals surface area contributed by atoms with E-state index in [4.69, 9.17) is 14.9 Å². The van der Waals surface area contributed by atoms with E-state index in [-0.39, 0.29) is 5.95 Å². The van der Waals surface area contributed by atoms with Crippen LogP contribution in [0.2, 0.25) is 0 Å². The van der Waals surface area contributed by atoms with Crippen molar-refractivity contribution < 1.29 is 9.15 Å². The van der Waals surface area contributed by atoms with Gasteiger partial charge in [0.1, 0.15) is 5.75 Å². The van der Waals surface area contributed by atoms with Gasteiger partial charge in [0.2, 0.25) is 17.7 Å². The van der Waals surface area contributed by atoms with Gasteiger partial charge in [-0.1, -0.05) is 12.1 Å². The fraction of sp³-hybridized carbons (Fsp3) is 0.208. The molecule has 0 aliphatic carbocycles. The number of fused-ring (bicyclic) bond motifs is 1. The summed E-state index contributed by atoms with van der Waals surface area (Å²) >= 11 is 0. The number of nitrogens with one attached hydrogen (secondary N) is 1. The average molecular weight is 457 g/mol. The second kappa shape index (κ2) is 9.99. The number of aromatic nitrogens is 6. The van der Waals surface area contributed by atoms with Crippen LogP contribution in [0.5, 0.6) is 5.75 Å². The summed E-state index contributed by atoms with van der Waals surface area (Å²) < 4.78 is 12.6. The van der Waals surface area contributed by atoms with Crippen molar-refractivity contribution in [3.05, 3.63) is 78.3 Å². The number of furan rings is 1. The molecule has 0 spiro atoms. The van der Waals surface area contributed by atoms with Crippen LogP contribution in [0, 0.1) is 0 Å². The molecular formula is C24H24N8O2. The molecule has 0 atom stereocenters. The number of nitrogen functional groups attached to an aromatic ring is 1. The quantitative estimate of drug-likeness (QED) is 0.304. The molecule has 10 heteroatoms. The summed E-state index contributed by atoms with van der Waals surface area (Å²) in [5.74, 6) is 2.77. The molecule has 1 aromatic carbocycles. The van der Waals surface area contributed by atoms with Crippen molar-refractivity contribution in [2.45, 2.75) is 19.3 Å². The van der Waals surface area contributed by atoms with E-state index >= 15 is 0 Å². The molecule has 0 saturated carbocycles. The van der Waals surface area contributed by atoms with Crippen LogP contribution in [-0.2, 0) is 12.8 Å². The van der Waals surface area contributed by atoms with E-state index in [0.29, 0.717) is 36.5 Å². The molecule has 0 aliphatic rings. The summed E-state index contributed by atoms with van der Waals surface area (Å²) in [4.78, 5) is 17.1. The molecule has 0 unspecified atom stereocenters. The summed E-state index contributed by atoms with van der Waals surface area (Å²) in [5, 5.41) is 7.49. The number of benzene rings is 1. The van der Waals surface area contributed by atoms with Gasteiger partial charge in [0, 0.05) is 18.9 Å². The lowest BCUT2D eigenvalue weighted by Crippen LogP contribution is -2.12. The smallest absolute Gasteiger partial charge is 0.259 e. The van der Waals surface area contributed by atoms with Crippen LogP contribution in [0.1, 0.15) is 17.5 Å². The molecule has 0 aliphatic heterocycles. The normalized spacial score (nSPS) is 11.1. The van der Waals surface area contributed by atoms with Gasteiger partial charge in [-0.3, -0.25) is 4.98 Å². The third kappa shape index (κ3) is 5.12. The molecule has 34 heavy (non-hydrogen) atoms. The lowest BCUT2D eigenvalue weighted by molar-refractivity contribution is 0.311. The van der Waals surface area contributed by atoms with Crippen LogP contribution in [0.15, 0.2) is 71.6 Å². The van der Waals surface area contributed by atoms with Crippen molar-refractivity contribution >= 4 is 17.7 Å². The van der Waals surface area contributed by atoms with Crippen molar-refractivity contribution in [2.24, 2.45) is 0 Å². The van der Waals surface area contributed by atoms with Crippen molar-refractivity contribution in [2.75, 3.05) is 24.2 Å². The summed E-state index contributed by atoms with van der Waals surface area (Å²) in [7, 11) is 0. The van der Waals surface area contributed by atoms with Crippen LogP contribution in [0.25, 0.3) is 17.4 Å².